The summed E-state index contributed by atoms with van der Waals surface area (Å²) in [7, 11) is 0. The number of hydrogen-bond acceptors (Lipinski definition) is 3. The minimum absolute atomic E-state index is 0.228. The molecule has 0 aromatic heterocycles. The molecular formula is C11H17NO4. The lowest BCUT2D eigenvalue weighted by atomic mass is 10.0. The van der Waals surface area contributed by atoms with Crippen LogP contribution in [0.3, 0.4) is 0 Å². The third-order valence-electron chi connectivity index (χ3n) is 2.35. The van der Waals surface area contributed by atoms with E-state index in [4.69, 9.17) is 9.84 Å². The van der Waals surface area contributed by atoms with Crippen LogP contribution in [0, 0.1) is 0 Å². The summed E-state index contributed by atoms with van der Waals surface area (Å²) in [6, 6.07) is 0. The Hall–Kier alpha value is -1.52. The van der Waals surface area contributed by atoms with Crippen molar-refractivity contribution in [2.24, 2.45) is 0 Å². The van der Waals surface area contributed by atoms with Gasteiger partial charge in [-0.05, 0) is 31.8 Å². The van der Waals surface area contributed by atoms with E-state index in [1.54, 1.807) is 0 Å². The molecule has 1 atom stereocenters. The van der Waals surface area contributed by atoms with Gasteiger partial charge in [0.05, 0.1) is 0 Å². The van der Waals surface area contributed by atoms with E-state index in [2.05, 4.69) is 5.32 Å². The lowest BCUT2D eigenvalue weighted by molar-refractivity contribution is -0.135. The fourth-order valence-corrected chi connectivity index (χ4v) is 1.55. The summed E-state index contributed by atoms with van der Waals surface area (Å²) in [5.74, 6) is -1.08. The van der Waals surface area contributed by atoms with Gasteiger partial charge in [0.15, 0.2) is 0 Å². The number of carbonyl (C=O) groups excluding carboxylic acids is 1. The minimum Gasteiger partial charge on any atom is -0.480 e. The highest BCUT2D eigenvalue weighted by molar-refractivity contribution is 5.76. The number of nitrogens with one attached hydrogen (secondary N) is 1. The number of hydrogen-bond donors (Lipinski definition) is 2. The molecule has 0 spiro atoms. The van der Waals surface area contributed by atoms with Crippen molar-refractivity contribution >= 4 is 12.1 Å². The highest BCUT2D eigenvalue weighted by Gasteiger charge is 2.12. The van der Waals surface area contributed by atoms with Gasteiger partial charge in [0, 0.05) is 0 Å². The van der Waals surface area contributed by atoms with Crippen molar-refractivity contribution in [3.05, 3.63) is 12.2 Å². The van der Waals surface area contributed by atoms with Gasteiger partial charge in [-0.1, -0.05) is 12.5 Å². The van der Waals surface area contributed by atoms with Crippen LogP contribution in [0.4, 0.5) is 4.79 Å². The van der Waals surface area contributed by atoms with E-state index < -0.39 is 18.6 Å². The van der Waals surface area contributed by atoms with Gasteiger partial charge in [0.1, 0.15) is 12.6 Å². The Labute approximate surface area is 94.5 Å². The first kappa shape index (κ1) is 12.5. The van der Waals surface area contributed by atoms with Crippen molar-refractivity contribution in [3.63, 3.8) is 0 Å². The van der Waals surface area contributed by atoms with E-state index in [9.17, 15) is 9.59 Å². The molecule has 5 heteroatoms. The van der Waals surface area contributed by atoms with Gasteiger partial charge >= 0.3 is 12.1 Å². The first-order valence-electron chi connectivity index (χ1n) is 5.51. The van der Waals surface area contributed by atoms with Gasteiger partial charge in [0.25, 0.3) is 0 Å². The Bertz CT molecular complexity index is 275. The second kappa shape index (κ2) is 6.87. The molecular weight excluding hydrogens is 210 g/mol. The number of alkyl carbamates (subject to hydrolysis) is 1. The Morgan fingerprint density at radius 3 is 2.94 bits per heavy atom. The van der Waals surface area contributed by atoms with Crippen molar-refractivity contribution in [2.45, 2.75) is 38.2 Å². The Balaban J connectivity index is 2.30. The van der Waals surface area contributed by atoms with Gasteiger partial charge in [-0.3, -0.25) is 4.79 Å². The Kier molecular flexibility index (Phi) is 5.39. The predicted octanol–water partition coefficient (Wildman–Crippen LogP) is 1.69. The number of allylic oxidation sites excluding steroid dienone is 1. The molecule has 0 saturated carbocycles. The minimum atomic E-state index is -1.08. The molecule has 5 nitrogen and oxygen atoms in total. The average Bonchev–Trinajstić information content (AvgIpc) is 2.19. The molecule has 0 radical (unpaired) electrons. The van der Waals surface area contributed by atoms with Crippen molar-refractivity contribution in [3.8, 4) is 0 Å². The molecule has 0 unspecified atom stereocenters. The van der Waals surface area contributed by atoms with Crippen LogP contribution in [0.25, 0.3) is 0 Å². The zero-order valence-electron chi connectivity index (χ0n) is 9.15. The van der Waals surface area contributed by atoms with Crippen LogP contribution in [-0.2, 0) is 9.53 Å². The average molecular weight is 227 g/mol. The highest BCUT2D eigenvalue weighted by atomic mass is 16.6. The summed E-state index contributed by atoms with van der Waals surface area (Å²) < 4.78 is 5.08. The second-order valence-electron chi connectivity index (χ2n) is 3.76. The first-order valence-corrected chi connectivity index (χ1v) is 5.51. The van der Waals surface area contributed by atoms with E-state index in [1.165, 1.54) is 6.42 Å². The number of carbonyl (C=O) groups is 2. The van der Waals surface area contributed by atoms with Crippen LogP contribution in [0.15, 0.2) is 12.2 Å². The van der Waals surface area contributed by atoms with Gasteiger partial charge in [-0.2, -0.15) is 0 Å². The summed E-state index contributed by atoms with van der Waals surface area (Å²) in [6.07, 6.45) is 8.14. The molecule has 0 aliphatic heterocycles. The van der Waals surface area contributed by atoms with E-state index in [0.29, 0.717) is 0 Å². The zero-order chi connectivity index (χ0) is 11.8. The third kappa shape index (κ3) is 5.38. The number of amides is 1. The van der Waals surface area contributed by atoms with E-state index in [0.717, 1.165) is 25.7 Å². The summed E-state index contributed by atoms with van der Waals surface area (Å²) in [5.41, 5.74) is 0. The number of carboxylic acids is 1. The summed E-state index contributed by atoms with van der Waals surface area (Å²) in [5, 5.41) is 10.5. The topological polar surface area (TPSA) is 75.6 Å². The molecule has 1 amide bonds. The van der Waals surface area contributed by atoms with Crippen molar-refractivity contribution < 1.29 is 19.4 Å². The Morgan fingerprint density at radius 2 is 2.19 bits per heavy atom. The molecule has 0 fully saturated rings. The van der Waals surface area contributed by atoms with Crippen molar-refractivity contribution in [1.82, 2.24) is 5.32 Å². The van der Waals surface area contributed by atoms with Crippen LogP contribution in [-0.4, -0.2) is 29.8 Å². The van der Waals surface area contributed by atoms with Crippen LogP contribution in [0.5, 0.6) is 0 Å². The van der Waals surface area contributed by atoms with Crippen LogP contribution in [0.1, 0.15) is 32.1 Å². The van der Waals surface area contributed by atoms with Crippen LogP contribution < -0.4 is 5.32 Å². The third-order valence-corrected chi connectivity index (χ3v) is 2.35. The molecule has 1 aliphatic rings. The Morgan fingerprint density at radius 1 is 1.38 bits per heavy atom. The van der Waals surface area contributed by atoms with Crippen LogP contribution >= 0.6 is 0 Å². The normalized spacial score (nSPS) is 22.6. The van der Waals surface area contributed by atoms with E-state index in [1.807, 2.05) is 12.2 Å². The van der Waals surface area contributed by atoms with Crippen molar-refractivity contribution in [2.75, 3.05) is 6.54 Å². The smallest absolute Gasteiger partial charge is 0.408 e. The maximum atomic E-state index is 11.2. The standard InChI is InChI=1S/C11H17NO4/c13-10(14)8-12-11(15)16-9-6-4-2-1-3-5-7-9/h4,6,9H,1-3,5,7-8H2,(H,12,15)(H,13,14)/b6-4+/t9-/m1/s1. The SMILES string of the molecule is O=C(O)CNC(=O)O[C@@H]1/C=C/CCCCC1. The fraction of sp³-hybridized carbons (Fsp3) is 0.636. The summed E-state index contributed by atoms with van der Waals surface area (Å²) in [4.78, 5) is 21.4. The predicted molar refractivity (Wildman–Crippen MR) is 58.1 cm³/mol. The quantitative estimate of drug-likeness (QED) is 0.719. The molecule has 90 valence electrons. The molecule has 1 rings (SSSR count). The van der Waals surface area contributed by atoms with E-state index in [-0.39, 0.29) is 6.10 Å². The van der Waals surface area contributed by atoms with Crippen molar-refractivity contribution in [1.29, 1.82) is 0 Å². The van der Waals surface area contributed by atoms with Gasteiger partial charge in [-0.15, -0.1) is 0 Å². The number of ether oxygens (including phenoxy) is 1. The fourth-order valence-electron chi connectivity index (χ4n) is 1.55. The summed E-state index contributed by atoms with van der Waals surface area (Å²) in [6.45, 7) is -0.407. The number of aliphatic carboxylic acids is 1. The molecule has 1 aliphatic carbocycles. The highest BCUT2D eigenvalue weighted by Crippen LogP contribution is 2.14. The first-order chi connectivity index (χ1) is 7.68. The largest absolute Gasteiger partial charge is 0.480 e. The van der Waals surface area contributed by atoms with Gasteiger partial charge < -0.3 is 15.2 Å². The molecule has 0 saturated heterocycles. The molecule has 0 bridgehead atoms. The molecule has 16 heavy (non-hydrogen) atoms. The summed E-state index contributed by atoms with van der Waals surface area (Å²) >= 11 is 0. The molecule has 0 aromatic rings. The molecule has 2 N–H and O–H groups in total. The molecule has 0 heterocycles. The lowest BCUT2D eigenvalue weighted by Gasteiger charge is -2.16. The molecule has 0 aromatic carbocycles. The number of carboxylic acid groups (broad SMARTS) is 1. The van der Waals surface area contributed by atoms with Gasteiger partial charge in [-0.25, -0.2) is 4.79 Å². The lowest BCUT2D eigenvalue weighted by Crippen LogP contribution is -2.32. The van der Waals surface area contributed by atoms with E-state index >= 15 is 0 Å². The number of rotatable bonds is 3. The zero-order valence-corrected chi connectivity index (χ0v) is 9.15. The maximum Gasteiger partial charge on any atom is 0.408 e. The van der Waals surface area contributed by atoms with Gasteiger partial charge in [0.2, 0.25) is 0 Å². The maximum absolute atomic E-state index is 11.2. The monoisotopic (exact) mass is 227 g/mol. The second-order valence-corrected chi connectivity index (χ2v) is 3.76. The van der Waals surface area contributed by atoms with Crippen LogP contribution in [0.2, 0.25) is 0 Å².